The molecule has 0 saturated heterocycles. The number of nitrogens with two attached hydrogens (primary N) is 1. The third kappa shape index (κ3) is 5.53. The summed E-state index contributed by atoms with van der Waals surface area (Å²) in [5, 5.41) is 5.63. The molecule has 0 unspecified atom stereocenters. The number of sulfonamides is 1. The quantitative estimate of drug-likeness (QED) is 0.255. The number of hydrogen-bond acceptors (Lipinski definition) is 6. The van der Waals surface area contributed by atoms with Crippen LogP contribution in [0.3, 0.4) is 0 Å². The number of amides is 1. The summed E-state index contributed by atoms with van der Waals surface area (Å²) in [5.41, 5.74) is 12.6. The van der Waals surface area contributed by atoms with Gasteiger partial charge >= 0.3 is 0 Å². The van der Waals surface area contributed by atoms with Gasteiger partial charge in [-0.15, -0.1) is 0 Å². The molecule has 9 nitrogen and oxygen atoms in total. The highest BCUT2D eigenvalue weighted by molar-refractivity contribution is 7.88. The lowest BCUT2D eigenvalue weighted by Gasteiger charge is -2.30. The summed E-state index contributed by atoms with van der Waals surface area (Å²) in [4.78, 5) is 21.7. The van der Waals surface area contributed by atoms with Crippen molar-refractivity contribution >= 4 is 43.6 Å². The van der Waals surface area contributed by atoms with Crippen LogP contribution in [0.5, 0.6) is 0 Å². The molecule has 41 heavy (non-hydrogen) atoms. The smallest absolute Gasteiger partial charge is 0.250 e. The van der Waals surface area contributed by atoms with Gasteiger partial charge in [-0.05, 0) is 80.1 Å². The molecular formula is C31H32N6O3S. The van der Waals surface area contributed by atoms with E-state index in [1.54, 1.807) is 6.07 Å². The molecule has 3 heterocycles. The molecule has 0 bridgehead atoms. The second-order valence-electron chi connectivity index (χ2n) is 10.8. The Morgan fingerprint density at radius 1 is 1.00 bits per heavy atom. The van der Waals surface area contributed by atoms with Crippen molar-refractivity contribution in [1.82, 2.24) is 19.3 Å². The molecule has 0 radical (unpaired) electrons. The Morgan fingerprint density at radius 3 is 2.51 bits per heavy atom. The normalized spacial score (nSPS) is 17.6. The maximum atomic E-state index is 12.3. The van der Waals surface area contributed by atoms with E-state index in [2.05, 4.69) is 40.3 Å². The van der Waals surface area contributed by atoms with Gasteiger partial charge in [0.15, 0.2) is 0 Å². The summed E-state index contributed by atoms with van der Waals surface area (Å²) in [5.74, 6) is -0.510. The fourth-order valence-corrected chi connectivity index (χ4v) is 6.73. The highest BCUT2D eigenvalue weighted by atomic mass is 32.2. The average Bonchev–Trinajstić information content (AvgIpc) is 3.29. The third-order valence-electron chi connectivity index (χ3n) is 7.79. The molecule has 0 atom stereocenters. The molecule has 3 aromatic heterocycles. The van der Waals surface area contributed by atoms with Gasteiger partial charge in [-0.3, -0.25) is 9.78 Å². The number of nitrogens with zero attached hydrogens (tertiary/aromatic N) is 3. The van der Waals surface area contributed by atoms with Crippen LogP contribution < -0.4 is 15.8 Å². The number of nitrogens with one attached hydrogen (secondary N) is 2. The molecule has 1 saturated carbocycles. The monoisotopic (exact) mass is 568 g/mol. The fourth-order valence-electron chi connectivity index (χ4n) is 5.89. The number of benzene rings is 2. The van der Waals surface area contributed by atoms with E-state index in [0.717, 1.165) is 57.2 Å². The molecule has 1 amide bonds. The van der Waals surface area contributed by atoms with E-state index < -0.39 is 15.9 Å². The van der Waals surface area contributed by atoms with Gasteiger partial charge in [0, 0.05) is 58.4 Å². The highest BCUT2D eigenvalue weighted by Crippen LogP contribution is 2.34. The standard InChI is InChI=1S/C31H32N6O3S/c1-19-18-37(31-29(19)25(13-14-33-31)21-15-20-5-3-4-6-27(20)34-17-21)24-11-12-26(30(32)38)28(16-24)35-22-7-9-23(10-8-22)36-41(2,39)40/h3-6,11-18,22-23,35-36H,7-10H2,1-2H3,(H2,32,38). The van der Waals surface area contributed by atoms with Crippen molar-refractivity contribution < 1.29 is 13.2 Å². The van der Waals surface area contributed by atoms with E-state index >= 15 is 0 Å². The second-order valence-corrected chi connectivity index (χ2v) is 12.6. The van der Waals surface area contributed by atoms with Crippen LogP contribution in [0.25, 0.3) is 38.8 Å². The summed E-state index contributed by atoms with van der Waals surface area (Å²) in [7, 11) is -3.24. The molecular weight excluding hydrogens is 536 g/mol. The summed E-state index contributed by atoms with van der Waals surface area (Å²) in [6.45, 7) is 2.07. The first-order chi connectivity index (χ1) is 19.7. The predicted molar refractivity (Wildman–Crippen MR) is 163 cm³/mol. The van der Waals surface area contributed by atoms with Crippen LogP contribution in [-0.4, -0.2) is 47.2 Å². The van der Waals surface area contributed by atoms with Crippen molar-refractivity contribution in [3.8, 4) is 16.8 Å². The van der Waals surface area contributed by atoms with E-state index in [4.69, 9.17) is 10.7 Å². The van der Waals surface area contributed by atoms with Gasteiger partial charge in [-0.25, -0.2) is 18.1 Å². The molecule has 1 fully saturated rings. The molecule has 5 aromatic rings. The maximum absolute atomic E-state index is 12.3. The number of para-hydroxylation sites is 1. The molecule has 10 heteroatoms. The van der Waals surface area contributed by atoms with E-state index in [-0.39, 0.29) is 12.1 Å². The number of rotatable bonds is 7. The Hall–Kier alpha value is -4.28. The summed E-state index contributed by atoms with van der Waals surface area (Å²) in [6, 6.07) is 17.8. The van der Waals surface area contributed by atoms with Gasteiger partial charge in [0.25, 0.3) is 5.91 Å². The van der Waals surface area contributed by atoms with Crippen molar-refractivity contribution in [3.05, 3.63) is 84.3 Å². The zero-order valence-electron chi connectivity index (χ0n) is 23.0. The first-order valence-corrected chi connectivity index (χ1v) is 15.6. The Morgan fingerprint density at radius 2 is 1.76 bits per heavy atom. The summed E-state index contributed by atoms with van der Waals surface area (Å²) < 4.78 is 28.0. The number of primary amides is 1. The second kappa shape index (κ2) is 10.6. The number of pyridine rings is 2. The van der Waals surface area contributed by atoms with E-state index in [1.165, 1.54) is 6.26 Å². The number of carbonyl (C=O) groups excluding carboxylic acids is 1. The highest BCUT2D eigenvalue weighted by Gasteiger charge is 2.24. The van der Waals surface area contributed by atoms with E-state index in [0.29, 0.717) is 24.1 Å². The van der Waals surface area contributed by atoms with Gasteiger partial charge in [0.1, 0.15) is 5.65 Å². The van der Waals surface area contributed by atoms with E-state index in [1.807, 2.05) is 53.4 Å². The van der Waals surface area contributed by atoms with Gasteiger partial charge in [0.05, 0.1) is 17.3 Å². The first-order valence-electron chi connectivity index (χ1n) is 13.7. The lowest BCUT2D eigenvalue weighted by atomic mass is 9.91. The summed E-state index contributed by atoms with van der Waals surface area (Å²) >= 11 is 0. The molecule has 0 aliphatic heterocycles. The van der Waals surface area contributed by atoms with Crippen LogP contribution >= 0.6 is 0 Å². The van der Waals surface area contributed by atoms with Crippen LogP contribution in [0, 0.1) is 6.92 Å². The number of fused-ring (bicyclic) bond motifs is 2. The van der Waals surface area contributed by atoms with Gasteiger partial charge in [-0.2, -0.15) is 0 Å². The molecule has 0 spiro atoms. The zero-order valence-corrected chi connectivity index (χ0v) is 23.8. The number of anilines is 1. The molecule has 210 valence electrons. The van der Waals surface area contributed by atoms with Crippen molar-refractivity contribution in [2.45, 2.75) is 44.7 Å². The van der Waals surface area contributed by atoms with Crippen molar-refractivity contribution in [2.24, 2.45) is 5.73 Å². The van der Waals surface area contributed by atoms with Crippen LogP contribution in [0.15, 0.2) is 73.2 Å². The number of carbonyl (C=O) groups is 1. The predicted octanol–water partition coefficient (Wildman–Crippen LogP) is 4.92. The average molecular weight is 569 g/mol. The van der Waals surface area contributed by atoms with Gasteiger partial charge in [-0.1, -0.05) is 18.2 Å². The largest absolute Gasteiger partial charge is 0.382 e. The molecule has 2 aromatic carbocycles. The topological polar surface area (TPSA) is 132 Å². The molecule has 1 aliphatic rings. The minimum Gasteiger partial charge on any atom is -0.382 e. The number of hydrogen-bond donors (Lipinski definition) is 3. The number of aryl methyl sites for hydroxylation is 1. The molecule has 1 aliphatic carbocycles. The van der Waals surface area contributed by atoms with Crippen LogP contribution in [0.1, 0.15) is 41.6 Å². The van der Waals surface area contributed by atoms with Gasteiger partial charge in [0.2, 0.25) is 10.0 Å². The first kappa shape index (κ1) is 26.9. The zero-order chi connectivity index (χ0) is 28.7. The Bertz CT molecular complexity index is 1890. The Balaban J connectivity index is 1.34. The lowest BCUT2D eigenvalue weighted by Crippen LogP contribution is -2.39. The SMILES string of the molecule is Cc1cn(-c2ccc(C(N)=O)c(NC3CCC(NS(C)(=O)=O)CC3)c2)c2nccc(-c3cnc4ccccc4c3)c12. The van der Waals surface area contributed by atoms with Crippen molar-refractivity contribution in [3.63, 3.8) is 0 Å². The van der Waals surface area contributed by atoms with Crippen LogP contribution in [0.4, 0.5) is 5.69 Å². The third-order valence-corrected chi connectivity index (χ3v) is 8.55. The Kier molecular flexibility index (Phi) is 6.96. The molecule has 4 N–H and O–H groups in total. The van der Waals surface area contributed by atoms with Gasteiger partial charge < -0.3 is 15.6 Å². The van der Waals surface area contributed by atoms with E-state index in [9.17, 15) is 13.2 Å². The van der Waals surface area contributed by atoms with Crippen LogP contribution in [-0.2, 0) is 10.0 Å². The number of aromatic nitrogens is 3. The van der Waals surface area contributed by atoms with Crippen molar-refractivity contribution in [2.75, 3.05) is 11.6 Å². The minimum atomic E-state index is -3.24. The maximum Gasteiger partial charge on any atom is 0.250 e. The lowest BCUT2D eigenvalue weighted by molar-refractivity contribution is 0.100. The minimum absolute atomic E-state index is 0.0720. The molecule has 6 rings (SSSR count). The van der Waals surface area contributed by atoms with Crippen molar-refractivity contribution in [1.29, 1.82) is 0 Å². The summed E-state index contributed by atoms with van der Waals surface area (Å²) in [6.07, 6.45) is 9.92. The fraction of sp³-hybridized carbons (Fsp3) is 0.258. The van der Waals surface area contributed by atoms with Crippen LogP contribution in [0.2, 0.25) is 0 Å². The Labute approximate surface area is 238 Å².